The Balaban J connectivity index is 1.70. The third kappa shape index (κ3) is 4.78. The molecule has 0 saturated heterocycles. The number of carbonyl (C=O) groups excluding carboxylic acids is 1. The first-order valence-corrected chi connectivity index (χ1v) is 9.30. The lowest BCUT2D eigenvalue weighted by atomic mass is 9.85. The summed E-state index contributed by atoms with van der Waals surface area (Å²) in [7, 11) is 0. The van der Waals surface area contributed by atoms with Crippen LogP contribution < -0.4 is 5.32 Å². The first-order valence-electron chi connectivity index (χ1n) is 8.49. The largest absolute Gasteiger partial charge is 0.391 e. The van der Waals surface area contributed by atoms with E-state index in [0.29, 0.717) is 23.4 Å². The summed E-state index contributed by atoms with van der Waals surface area (Å²) in [6, 6.07) is 12.4. The number of amides is 1. The van der Waals surface area contributed by atoms with Gasteiger partial charge in [0.1, 0.15) is 5.03 Å². The van der Waals surface area contributed by atoms with Crippen molar-refractivity contribution in [1.82, 2.24) is 10.3 Å². The van der Waals surface area contributed by atoms with Gasteiger partial charge in [-0.2, -0.15) is 13.2 Å². The number of benzene rings is 1. The Bertz CT molecular complexity index is 752. The van der Waals surface area contributed by atoms with Crippen LogP contribution in [0.1, 0.15) is 36.0 Å². The third-order valence-corrected chi connectivity index (χ3v) is 5.47. The average molecular weight is 380 g/mol. The smallest absolute Gasteiger partial charge is 0.349 e. The summed E-state index contributed by atoms with van der Waals surface area (Å²) in [6.45, 7) is 0. The maximum absolute atomic E-state index is 13.0. The van der Waals surface area contributed by atoms with Gasteiger partial charge in [-0.3, -0.25) is 4.79 Å². The van der Waals surface area contributed by atoms with Crippen molar-refractivity contribution < 1.29 is 18.0 Å². The van der Waals surface area contributed by atoms with Crippen LogP contribution in [0.2, 0.25) is 0 Å². The molecule has 7 heteroatoms. The summed E-state index contributed by atoms with van der Waals surface area (Å²) < 4.78 is 38.9. The molecule has 0 bridgehead atoms. The lowest BCUT2D eigenvalue weighted by Crippen LogP contribution is -2.41. The van der Waals surface area contributed by atoms with Crippen LogP contribution in [-0.4, -0.2) is 23.1 Å². The predicted octanol–water partition coefficient (Wildman–Crippen LogP) is 5.08. The Hall–Kier alpha value is -2.02. The zero-order chi connectivity index (χ0) is 18.6. The minimum Gasteiger partial charge on any atom is -0.349 e. The number of halogens is 3. The monoisotopic (exact) mass is 380 g/mol. The number of aromatic nitrogens is 1. The van der Waals surface area contributed by atoms with Crippen LogP contribution in [0, 0.1) is 5.92 Å². The molecule has 1 aliphatic carbocycles. The first-order chi connectivity index (χ1) is 12.4. The van der Waals surface area contributed by atoms with Gasteiger partial charge in [-0.25, -0.2) is 4.98 Å². The number of hydrogen-bond acceptors (Lipinski definition) is 3. The molecule has 0 spiro atoms. The Morgan fingerprint density at radius 1 is 1.12 bits per heavy atom. The van der Waals surface area contributed by atoms with Crippen molar-refractivity contribution in [3.63, 3.8) is 0 Å². The molecule has 1 fully saturated rings. The van der Waals surface area contributed by atoms with Gasteiger partial charge in [0.25, 0.3) is 5.91 Å². The number of carbonyl (C=O) groups is 1. The van der Waals surface area contributed by atoms with E-state index in [9.17, 15) is 18.0 Å². The van der Waals surface area contributed by atoms with Crippen molar-refractivity contribution in [2.75, 3.05) is 0 Å². The van der Waals surface area contributed by atoms with E-state index in [-0.39, 0.29) is 18.7 Å². The lowest BCUT2D eigenvalue weighted by Gasteiger charge is -2.31. The van der Waals surface area contributed by atoms with Crippen molar-refractivity contribution in [3.8, 4) is 0 Å². The Morgan fingerprint density at radius 3 is 2.62 bits per heavy atom. The topological polar surface area (TPSA) is 42.0 Å². The van der Waals surface area contributed by atoms with Gasteiger partial charge >= 0.3 is 6.18 Å². The summed E-state index contributed by atoms with van der Waals surface area (Å²) in [6.07, 6.45) is -1.49. The summed E-state index contributed by atoms with van der Waals surface area (Å²) in [5, 5.41) is 3.31. The Morgan fingerprint density at radius 2 is 1.88 bits per heavy atom. The molecule has 1 aliphatic rings. The van der Waals surface area contributed by atoms with Gasteiger partial charge in [0.15, 0.2) is 0 Å². The highest BCUT2D eigenvalue weighted by Gasteiger charge is 2.42. The lowest BCUT2D eigenvalue weighted by molar-refractivity contribution is -0.183. The summed E-state index contributed by atoms with van der Waals surface area (Å²) in [4.78, 5) is 17.8. The standard InChI is InChI=1S/C19H19F3N2OS/c20-19(21,22)13-6-4-7-14(12-13)24-17(25)16-10-5-11-23-18(16)26-15-8-2-1-3-9-15/h1-3,5,8-11,13-14H,4,6-7,12H2,(H,24,25)/t13-,14+/m1/s1. The van der Waals surface area contributed by atoms with Crippen LogP contribution in [-0.2, 0) is 0 Å². The molecule has 2 atom stereocenters. The van der Waals surface area contributed by atoms with Gasteiger partial charge in [0, 0.05) is 17.1 Å². The molecule has 3 rings (SSSR count). The van der Waals surface area contributed by atoms with Crippen molar-refractivity contribution in [2.45, 2.75) is 47.8 Å². The minimum absolute atomic E-state index is 0.0589. The second-order valence-corrected chi connectivity index (χ2v) is 7.41. The molecule has 0 radical (unpaired) electrons. The van der Waals surface area contributed by atoms with E-state index in [0.717, 1.165) is 4.90 Å². The highest BCUT2D eigenvalue weighted by molar-refractivity contribution is 7.99. The molecule has 1 heterocycles. The minimum atomic E-state index is -4.20. The van der Waals surface area contributed by atoms with Crippen LogP contribution in [0.3, 0.4) is 0 Å². The molecule has 0 unspecified atom stereocenters. The molecule has 1 amide bonds. The van der Waals surface area contributed by atoms with Crippen molar-refractivity contribution in [1.29, 1.82) is 0 Å². The molecular formula is C19H19F3N2OS. The fourth-order valence-electron chi connectivity index (χ4n) is 3.13. The van der Waals surface area contributed by atoms with E-state index in [2.05, 4.69) is 10.3 Å². The van der Waals surface area contributed by atoms with Gasteiger partial charge in [-0.1, -0.05) is 36.4 Å². The molecule has 1 aromatic carbocycles. The van der Waals surface area contributed by atoms with E-state index < -0.39 is 18.1 Å². The van der Waals surface area contributed by atoms with Gasteiger partial charge in [-0.15, -0.1) is 0 Å². The van der Waals surface area contributed by atoms with Gasteiger partial charge in [0.05, 0.1) is 11.5 Å². The van der Waals surface area contributed by atoms with Gasteiger partial charge in [0.2, 0.25) is 0 Å². The van der Waals surface area contributed by atoms with E-state index in [1.165, 1.54) is 11.8 Å². The quantitative estimate of drug-likeness (QED) is 0.804. The molecule has 3 nitrogen and oxygen atoms in total. The van der Waals surface area contributed by atoms with Crippen LogP contribution in [0.5, 0.6) is 0 Å². The molecule has 1 N–H and O–H groups in total. The van der Waals surface area contributed by atoms with E-state index in [1.54, 1.807) is 18.3 Å². The zero-order valence-corrected chi connectivity index (χ0v) is 14.8. The Kier molecular flexibility index (Phi) is 5.86. The van der Waals surface area contributed by atoms with Gasteiger partial charge in [-0.05, 0) is 43.5 Å². The highest BCUT2D eigenvalue weighted by atomic mass is 32.2. The number of nitrogens with zero attached hydrogens (tertiary/aromatic N) is 1. The fourth-order valence-corrected chi connectivity index (χ4v) is 4.03. The number of hydrogen-bond donors (Lipinski definition) is 1. The SMILES string of the molecule is O=C(N[C@H]1CCC[C@@H](C(F)(F)F)C1)c1cccnc1Sc1ccccc1. The average Bonchev–Trinajstić information content (AvgIpc) is 2.62. The third-order valence-electron chi connectivity index (χ3n) is 4.45. The van der Waals surface area contributed by atoms with E-state index >= 15 is 0 Å². The van der Waals surface area contributed by atoms with Crippen LogP contribution >= 0.6 is 11.8 Å². The molecule has 138 valence electrons. The molecule has 2 aromatic rings. The van der Waals surface area contributed by atoms with Crippen LogP contribution in [0.4, 0.5) is 13.2 Å². The summed E-state index contributed by atoms with van der Waals surface area (Å²) in [5.74, 6) is -1.71. The number of alkyl halides is 3. The fraction of sp³-hybridized carbons (Fsp3) is 0.368. The van der Waals surface area contributed by atoms with Crippen molar-refractivity contribution in [2.24, 2.45) is 5.92 Å². The molecular weight excluding hydrogens is 361 g/mol. The first kappa shape index (κ1) is 18.8. The maximum atomic E-state index is 13.0. The van der Waals surface area contributed by atoms with Crippen molar-refractivity contribution in [3.05, 3.63) is 54.2 Å². The van der Waals surface area contributed by atoms with E-state index in [1.807, 2.05) is 30.3 Å². The molecule has 1 aromatic heterocycles. The van der Waals surface area contributed by atoms with Crippen LogP contribution in [0.25, 0.3) is 0 Å². The Labute approximate surface area is 154 Å². The predicted molar refractivity (Wildman–Crippen MR) is 94.1 cm³/mol. The molecule has 1 saturated carbocycles. The normalized spacial score (nSPS) is 20.6. The molecule has 0 aliphatic heterocycles. The molecule has 26 heavy (non-hydrogen) atoms. The highest BCUT2D eigenvalue weighted by Crippen LogP contribution is 2.37. The summed E-state index contributed by atoms with van der Waals surface area (Å²) >= 11 is 1.36. The number of rotatable bonds is 4. The van der Waals surface area contributed by atoms with E-state index in [4.69, 9.17) is 0 Å². The van der Waals surface area contributed by atoms with Crippen LogP contribution in [0.15, 0.2) is 58.6 Å². The van der Waals surface area contributed by atoms with Crippen molar-refractivity contribution >= 4 is 17.7 Å². The maximum Gasteiger partial charge on any atom is 0.391 e. The number of pyridine rings is 1. The second kappa shape index (κ2) is 8.12. The zero-order valence-electron chi connectivity index (χ0n) is 14.0. The second-order valence-electron chi connectivity index (χ2n) is 6.35. The van der Waals surface area contributed by atoms with Gasteiger partial charge < -0.3 is 5.32 Å². The summed E-state index contributed by atoms with van der Waals surface area (Å²) in [5.41, 5.74) is 0.385. The number of nitrogens with one attached hydrogen (secondary N) is 1.